The molecule has 1 atom stereocenters. The monoisotopic (exact) mass is 308 g/mol. The van der Waals surface area contributed by atoms with E-state index in [-0.39, 0.29) is 12.6 Å². The first-order chi connectivity index (χ1) is 9.86. The molecule has 0 amide bonds. The molecule has 3 nitrogen and oxygen atoms in total. The van der Waals surface area contributed by atoms with Gasteiger partial charge in [-0.2, -0.15) is 8.78 Å². The van der Waals surface area contributed by atoms with Gasteiger partial charge in [-0.1, -0.05) is 13.0 Å². The predicted octanol–water partition coefficient (Wildman–Crippen LogP) is 3.35. The molecular formula is C14H20F4N2O. The van der Waals surface area contributed by atoms with Crippen LogP contribution in [-0.4, -0.2) is 37.1 Å². The van der Waals surface area contributed by atoms with Gasteiger partial charge in [-0.25, -0.2) is 8.78 Å². The third-order valence-corrected chi connectivity index (χ3v) is 2.88. The van der Waals surface area contributed by atoms with Gasteiger partial charge in [-0.3, -0.25) is 4.98 Å². The number of ether oxygens (including phenoxy) is 1. The topological polar surface area (TPSA) is 34.1 Å². The van der Waals surface area contributed by atoms with Crippen LogP contribution in [0.15, 0.2) is 18.3 Å². The lowest BCUT2D eigenvalue weighted by Gasteiger charge is -2.21. The second-order valence-corrected chi connectivity index (χ2v) is 4.82. The first-order valence-corrected chi connectivity index (χ1v) is 6.76. The van der Waals surface area contributed by atoms with Gasteiger partial charge in [0.15, 0.2) is 0 Å². The third-order valence-electron chi connectivity index (χ3n) is 2.88. The summed E-state index contributed by atoms with van der Waals surface area (Å²) in [6.45, 7) is 3.04. The van der Waals surface area contributed by atoms with Gasteiger partial charge in [-0.05, 0) is 31.5 Å². The number of aryl methyl sites for hydroxylation is 1. The summed E-state index contributed by atoms with van der Waals surface area (Å²) in [5, 5.41) is 3.12. The molecule has 0 bridgehead atoms. The highest BCUT2D eigenvalue weighted by molar-refractivity contribution is 5.17. The van der Waals surface area contributed by atoms with Gasteiger partial charge in [-0.15, -0.1) is 0 Å². The molecule has 1 heterocycles. The van der Waals surface area contributed by atoms with Crippen molar-refractivity contribution in [2.75, 3.05) is 19.8 Å². The summed E-state index contributed by atoms with van der Waals surface area (Å²) in [5.41, 5.74) is 1.60. The van der Waals surface area contributed by atoms with E-state index >= 15 is 0 Å². The minimum atomic E-state index is -4.12. The molecule has 0 aliphatic heterocycles. The van der Waals surface area contributed by atoms with E-state index in [2.05, 4.69) is 10.3 Å². The van der Waals surface area contributed by atoms with E-state index in [4.69, 9.17) is 4.74 Å². The van der Waals surface area contributed by atoms with Crippen LogP contribution >= 0.6 is 0 Å². The lowest BCUT2D eigenvalue weighted by atomic mass is 10.1. The maximum absolute atomic E-state index is 12.8. The zero-order valence-electron chi connectivity index (χ0n) is 12.1. The Hall–Kier alpha value is -1.21. The Morgan fingerprint density at radius 3 is 2.57 bits per heavy atom. The minimum absolute atomic E-state index is 0.118. The predicted molar refractivity (Wildman–Crippen MR) is 71.8 cm³/mol. The Morgan fingerprint density at radius 1 is 1.33 bits per heavy atom. The molecule has 0 spiro atoms. The van der Waals surface area contributed by atoms with Crippen molar-refractivity contribution >= 4 is 0 Å². The standard InChI is InChI=1S/C14H20F4N2O/c1-3-6-19-12(11-5-4-10(2)20-7-11)8-21-9-14(17,18)13(15)16/h4-5,7,12-13,19H,3,6,8-9H2,1-2H3. The molecule has 0 fully saturated rings. The molecule has 1 rings (SSSR count). The molecule has 0 saturated heterocycles. The Kier molecular flexibility index (Phi) is 7.04. The Bertz CT molecular complexity index is 412. The number of nitrogens with zero attached hydrogens (tertiary/aromatic N) is 1. The molecule has 1 unspecified atom stereocenters. The van der Waals surface area contributed by atoms with Gasteiger partial charge in [0.25, 0.3) is 0 Å². The Labute approximate surface area is 121 Å². The van der Waals surface area contributed by atoms with Gasteiger partial charge < -0.3 is 10.1 Å². The average molecular weight is 308 g/mol. The van der Waals surface area contributed by atoms with Crippen LogP contribution in [0.3, 0.4) is 0 Å². The van der Waals surface area contributed by atoms with Crippen LogP contribution in [-0.2, 0) is 4.74 Å². The maximum Gasteiger partial charge on any atom is 0.330 e. The van der Waals surface area contributed by atoms with Crippen molar-refractivity contribution in [3.63, 3.8) is 0 Å². The van der Waals surface area contributed by atoms with Crippen LogP contribution in [0.25, 0.3) is 0 Å². The van der Waals surface area contributed by atoms with Crippen molar-refractivity contribution in [3.8, 4) is 0 Å². The van der Waals surface area contributed by atoms with Crippen molar-refractivity contribution < 1.29 is 22.3 Å². The molecule has 0 aromatic carbocycles. The maximum atomic E-state index is 12.8. The fourth-order valence-electron chi connectivity index (χ4n) is 1.65. The highest BCUT2D eigenvalue weighted by atomic mass is 19.3. The first kappa shape index (κ1) is 17.8. The number of rotatable bonds is 9. The SMILES string of the molecule is CCCNC(COCC(F)(F)C(F)F)c1ccc(C)nc1. The average Bonchev–Trinajstić information content (AvgIpc) is 2.43. The van der Waals surface area contributed by atoms with Crippen molar-refractivity contribution in [1.82, 2.24) is 10.3 Å². The molecule has 21 heavy (non-hydrogen) atoms. The lowest BCUT2D eigenvalue weighted by molar-refractivity contribution is -0.167. The highest BCUT2D eigenvalue weighted by Gasteiger charge is 2.41. The van der Waals surface area contributed by atoms with Crippen LogP contribution in [0.5, 0.6) is 0 Å². The van der Waals surface area contributed by atoms with Gasteiger partial charge in [0, 0.05) is 11.9 Å². The van der Waals surface area contributed by atoms with Crippen molar-refractivity contribution in [2.24, 2.45) is 0 Å². The van der Waals surface area contributed by atoms with Gasteiger partial charge >= 0.3 is 12.3 Å². The van der Waals surface area contributed by atoms with Gasteiger partial charge in [0.1, 0.15) is 6.61 Å². The van der Waals surface area contributed by atoms with Crippen LogP contribution in [0.4, 0.5) is 17.6 Å². The normalized spacial score (nSPS) is 13.7. The molecule has 0 saturated carbocycles. The summed E-state index contributed by atoms with van der Waals surface area (Å²) in [7, 11) is 0. The molecule has 0 aliphatic carbocycles. The van der Waals surface area contributed by atoms with Crippen LogP contribution in [0.2, 0.25) is 0 Å². The van der Waals surface area contributed by atoms with E-state index in [0.717, 1.165) is 17.7 Å². The molecule has 1 aromatic rings. The van der Waals surface area contributed by atoms with Crippen molar-refractivity contribution in [1.29, 1.82) is 0 Å². The number of alkyl halides is 4. The number of nitrogens with one attached hydrogen (secondary N) is 1. The first-order valence-electron chi connectivity index (χ1n) is 6.76. The molecule has 1 aromatic heterocycles. The van der Waals surface area contributed by atoms with Crippen LogP contribution in [0.1, 0.15) is 30.6 Å². The fraction of sp³-hybridized carbons (Fsp3) is 0.643. The molecule has 120 valence electrons. The van der Waals surface area contributed by atoms with Crippen LogP contribution < -0.4 is 5.32 Å². The van der Waals surface area contributed by atoms with E-state index in [1.54, 1.807) is 12.3 Å². The molecule has 0 radical (unpaired) electrons. The van der Waals surface area contributed by atoms with Crippen molar-refractivity contribution in [2.45, 2.75) is 38.7 Å². The number of hydrogen-bond acceptors (Lipinski definition) is 3. The Morgan fingerprint density at radius 2 is 2.05 bits per heavy atom. The van der Waals surface area contributed by atoms with Crippen molar-refractivity contribution in [3.05, 3.63) is 29.6 Å². The second-order valence-electron chi connectivity index (χ2n) is 4.82. The summed E-state index contributed by atoms with van der Waals surface area (Å²) in [6.07, 6.45) is -1.25. The van der Waals surface area contributed by atoms with E-state index in [1.807, 2.05) is 19.9 Å². The number of pyridine rings is 1. The van der Waals surface area contributed by atoms with E-state index in [0.29, 0.717) is 6.54 Å². The Balaban J connectivity index is 2.60. The van der Waals surface area contributed by atoms with E-state index in [9.17, 15) is 17.6 Å². The molecule has 7 heteroatoms. The van der Waals surface area contributed by atoms with Gasteiger partial charge in [0.05, 0.1) is 12.6 Å². The smallest absolute Gasteiger partial charge is 0.330 e. The number of halogens is 4. The van der Waals surface area contributed by atoms with Gasteiger partial charge in [0.2, 0.25) is 0 Å². The second kappa shape index (κ2) is 8.29. The lowest BCUT2D eigenvalue weighted by Crippen LogP contribution is -2.34. The molecular weight excluding hydrogens is 288 g/mol. The quantitative estimate of drug-likeness (QED) is 0.710. The summed E-state index contributed by atoms with van der Waals surface area (Å²) >= 11 is 0. The molecule has 1 N–H and O–H groups in total. The fourth-order valence-corrected chi connectivity index (χ4v) is 1.65. The summed E-state index contributed by atoms with van der Waals surface area (Å²) in [6, 6.07) is 3.25. The summed E-state index contributed by atoms with van der Waals surface area (Å²) in [5.74, 6) is -4.12. The zero-order valence-corrected chi connectivity index (χ0v) is 12.1. The minimum Gasteiger partial charge on any atom is -0.373 e. The van der Waals surface area contributed by atoms with E-state index in [1.165, 1.54) is 0 Å². The third kappa shape index (κ3) is 5.97. The van der Waals surface area contributed by atoms with E-state index < -0.39 is 19.0 Å². The largest absolute Gasteiger partial charge is 0.373 e. The number of hydrogen-bond donors (Lipinski definition) is 1. The molecule has 0 aliphatic rings. The summed E-state index contributed by atoms with van der Waals surface area (Å²) in [4.78, 5) is 4.13. The number of aromatic nitrogens is 1. The zero-order chi connectivity index (χ0) is 15.9. The summed E-state index contributed by atoms with van der Waals surface area (Å²) < 4.78 is 54.5. The highest BCUT2D eigenvalue weighted by Crippen LogP contribution is 2.23. The van der Waals surface area contributed by atoms with Crippen LogP contribution in [0, 0.1) is 6.92 Å².